The van der Waals surface area contributed by atoms with Crippen molar-refractivity contribution in [2.24, 2.45) is 0 Å². The molecule has 1 saturated carbocycles. The predicted octanol–water partition coefficient (Wildman–Crippen LogP) is 4.20. The number of aliphatic carboxylic acids is 1. The van der Waals surface area contributed by atoms with E-state index in [-0.39, 0.29) is 5.91 Å². The van der Waals surface area contributed by atoms with Crippen LogP contribution >= 0.6 is 15.9 Å². The van der Waals surface area contributed by atoms with Crippen LogP contribution in [0.4, 0.5) is 23.7 Å². The molecule has 5 rings (SSSR count). The number of rotatable bonds is 2. The summed E-state index contributed by atoms with van der Waals surface area (Å²) in [5.41, 5.74) is 1.40. The van der Waals surface area contributed by atoms with Crippen LogP contribution in [0.1, 0.15) is 30.4 Å². The molecule has 2 aliphatic heterocycles. The van der Waals surface area contributed by atoms with Crippen LogP contribution in [0.25, 0.3) is 0 Å². The SMILES string of the molecule is O=C(O)C(F)(F)F.O=C1Nc2cnccc2C2(CCN(C(=O)C3(c4ccc(Br)cc4)CC3)C2)O1. The smallest absolute Gasteiger partial charge is 0.475 e. The first-order valence-corrected chi connectivity index (χ1v) is 11.1. The van der Waals surface area contributed by atoms with Crippen LogP contribution in [0.15, 0.2) is 47.2 Å². The predicted molar refractivity (Wildman–Crippen MR) is 116 cm³/mol. The van der Waals surface area contributed by atoms with Gasteiger partial charge in [0.15, 0.2) is 5.60 Å². The number of carboxylic acids is 1. The van der Waals surface area contributed by atoms with E-state index in [1.54, 1.807) is 12.4 Å². The first kappa shape index (κ1) is 24.0. The molecule has 2 fully saturated rings. The van der Waals surface area contributed by atoms with Crippen LogP contribution in [0.3, 0.4) is 0 Å². The fraction of sp³-hybridized carbons (Fsp3) is 0.364. The number of hydrogen-bond acceptors (Lipinski definition) is 5. The summed E-state index contributed by atoms with van der Waals surface area (Å²) in [6.45, 7) is 0.959. The molecule has 0 bridgehead atoms. The van der Waals surface area contributed by atoms with Gasteiger partial charge in [0, 0.05) is 29.2 Å². The van der Waals surface area contributed by atoms with Gasteiger partial charge in [-0.3, -0.25) is 15.1 Å². The molecular weight excluding hydrogens is 523 g/mol. The third-order valence-corrected chi connectivity index (χ3v) is 6.68. The number of pyridine rings is 1. The van der Waals surface area contributed by atoms with E-state index >= 15 is 0 Å². The number of aromatic nitrogens is 1. The summed E-state index contributed by atoms with van der Waals surface area (Å²) in [5, 5.41) is 9.82. The fourth-order valence-electron chi connectivity index (χ4n) is 4.34. The number of nitrogens with zero attached hydrogens (tertiary/aromatic N) is 2. The molecule has 1 spiro atoms. The van der Waals surface area contributed by atoms with E-state index in [0.717, 1.165) is 28.4 Å². The number of carbonyl (C=O) groups excluding carboxylic acids is 2. The Kier molecular flexibility index (Phi) is 6.05. The van der Waals surface area contributed by atoms with E-state index in [1.807, 2.05) is 35.2 Å². The minimum absolute atomic E-state index is 0.131. The second-order valence-corrected chi connectivity index (χ2v) is 9.21. The van der Waals surface area contributed by atoms with Crippen molar-refractivity contribution in [1.29, 1.82) is 0 Å². The molecular formula is C22H19BrF3N3O5. The maximum atomic E-state index is 13.4. The fourth-order valence-corrected chi connectivity index (χ4v) is 4.60. The van der Waals surface area contributed by atoms with Gasteiger partial charge in [-0.15, -0.1) is 0 Å². The van der Waals surface area contributed by atoms with Crippen molar-refractivity contribution < 1.29 is 37.4 Å². The molecule has 12 heteroatoms. The van der Waals surface area contributed by atoms with Crippen molar-refractivity contribution >= 4 is 39.6 Å². The normalized spacial score (nSPS) is 22.1. The topological polar surface area (TPSA) is 109 Å². The summed E-state index contributed by atoms with van der Waals surface area (Å²) in [6.07, 6.45) is 0.0679. The number of benzene rings is 1. The lowest BCUT2D eigenvalue weighted by Gasteiger charge is -2.35. The molecule has 1 unspecified atom stereocenters. The van der Waals surface area contributed by atoms with Gasteiger partial charge in [-0.1, -0.05) is 28.1 Å². The first-order chi connectivity index (χ1) is 16.0. The van der Waals surface area contributed by atoms with Crippen molar-refractivity contribution in [3.05, 3.63) is 58.3 Å². The highest BCUT2D eigenvalue weighted by Crippen LogP contribution is 2.51. The van der Waals surface area contributed by atoms with E-state index in [2.05, 4.69) is 26.2 Å². The number of hydrogen-bond donors (Lipinski definition) is 2. The summed E-state index contributed by atoms with van der Waals surface area (Å²) in [4.78, 5) is 40.3. The Morgan fingerprint density at radius 3 is 2.38 bits per heavy atom. The van der Waals surface area contributed by atoms with E-state index in [1.165, 1.54) is 0 Å². The molecule has 1 aromatic heterocycles. The average Bonchev–Trinajstić information content (AvgIpc) is 3.48. The van der Waals surface area contributed by atoms with E-state index < -0.39 is 29.3 Å². The van der Waals surface area contributed by atoms with Crippen molar-refractivity contribution in [3.63, 3.8) is 0 Å². The second-order valence-electron chi connectivity index (χ2n) is 8.30. The van der Waals surface area contributed by atoms with E-state index in [0.29, 0.717) is 25.2 Å². The lowest BCUT2D eigenvalue weighted by atomic mass is 9.91. The average molecular weight is 542 g/mol. The molecule has 0 radical (unpaired) electrons. The van der Waals surface area contributed by atoms with Gasteiger partial charge >= 0.3 is 18.2 Å². The van der Waals surface area contributed by atoms with Gasteiger partial charge in [0.1, 0.15) is 0 Å². The third kappa shape index (κ3) is 4.46. The Morgan fingerprint density at radius 2 is 1.79 bits per heavy atom. The Bertz CT molecular complexity index is 1140. The second kappa shape index (κ2) is 8.57. The van der Waals surface area contributed by atoms with Crippen molar-refractivity contribution in [3.8, 4) is 0 Å². The Morgan fingerprint density at radius 1 is 1.15 bits per heavy atom. The highest BCUT2D eigenvalue weighted by molar-refractivity contribution is 9.10. The number of halogens is 4. The first-order valence-electron chi connectivity index (χ1n) is 10.3. The molecule has 1 saturated heterocycles. The maximum absolute atomic E-state index is 13.4. The zero-order valence-corrected chi connectivity index (χ0v) is 19.1. The molecule has 3 heterocycles. The molecule has 1 aliphatic carbocycles. The van der Waals surface area contributed by atoms with Gasteiger partial charge in [0.25, 0.3) is 0 Å². The molecule has 8 nitrogen and oxygen atoms in total. The van der Waals surface area contributed by atoms with Crippen molar-refractivity contribution in [2.45, 2.75) is 36.5 Å². The lowest BCUT2D eigenvalue weighted by Crippen LogP contribution is -2.44. The zero-order chi connectivity index (χ0) is 24.7. The Balaban J connectivity index is 0.000000344. The Hall–Kier alpha value is -3.15. The molecule has 3 aliphatic rings. The molecule has 1 aromatic carbocycles. The molecule has 2 amide bonds. The standard InChI is InChI=1S/C20H18BrN3O3.C2HF3O2/c21-14-3-1-13(2-4-14)19(6-7-19)17(25)24-10-8-20(12-24)15-5-9-22-11-16(15)23-18(26)27-20;3-2(4,5)1(6)7/h1-5,9,11H,6-8,10,12H2,(H,23,26);(H,6,7). The van der Waals surface area contributed by atoms with Crippen LogP contribution < -0.4 is 5.32 Å². The van der Waals surface area contributed by atoms with Crippen molar-refractivity contribution in [1.82, 2.24) is 9.88 Å². The maximum Gasteiger partial charge on any atom is 0.490 e. The van der Waals surface area contributed by atoms with Crippen LogP contribution in [0.5, 0.6) is 0 Å². The van der Waals surface area contributed by atoms with Crippen LogP contribution in [-0.4, -0.2) is 52.2 Å². The number of carboxylic acid groups (broad SMARTS) is 1. The number of carbonyl (C=O) groups is 3. The molecule has 2 aromatic rings. The van der Waals surface area contributed by atoms with E-state index in [9.17, 15) is 22.8 Å². The van der Waals surface area contributed by atoms with E-state index in [4.69, 9.17) is 14.6 Å². The van der Waals surface area contributed by atoms with Gasteiger partial charge < -0.3 is 14.7 Å². The Labute approximate surface area is 200 Å². The quantitative estimate of drug-likeness (QED) is 0.589. The number of anilines is 1. The highest BCUT2D eigenvalue weighted by Gasteiger charge is 2.57. The summed E-state index contributed by atoms with van der Waals surface area (Å²) >= 11 is 3.45. The number of fused-ring (bicyclic) bond motifs is 2. The number of likely N-dealkylation sites (tertiary alicyclic amines) is 1. The van der Waals surface area contributed by atoms with Crippen molar-refractivity contribution in [2.75, 3.05) is 18.4 Å². The highest BCUT2D eigenvalue weighted by atomic mass is 79.9. The number of ether oxygens (including phenoxy) is 1. The van der Waals surface area contributed by atoms with Gasteiger partial charge in [-0.25, -0.2) is 9.59 Å². The summed E-state index contributed by atoms with van der Waals surface area (Å²) in [5.74, 6) is -2.63. The summed E-state index contributed by atoms with van der Waals surface area (Å²) in [7, 11) is 0. The van der Waals surface area contributed by atoms with Gasteiger partial charge in [-0.05, 0) is 36.6 Å². The van der Waals surface area contributed by atoms with Crippen LogP contribution in [0, 0.1) is 0 Å². The van der Waals surface area contributed by atoms with Crippen LogP contribution in [0.2, 0.25) is 0 Å². The number of nitrogens with one attached hydrogen (secondary N) is 1. The monoisotopic (exact) mass is 541 g/mol. The number of alkyl halides is 3. The molecule has 2 N–H and O–H groups in total. The molecule has 34 heavy (non-hydrogen) atoms. The zero-order valence-electron chi connectivity index (χ0n) is 17.6. The molecule has 180 valence electrons. The van der Waals surface area contributed by atoms with Crippen LogP contribution in [-0.2, 0) is 25.3 Å². The van der Waals surface area contributed by atoms with Gasteiger partial charge in [-0.2, -0.15) is 13.2 Å². The summed E-state index contributed by atoms with van der Waals surface area (Å²) in [6, 6.07) is 9.86. The van der Waals surface area contributed by atoms with Gasteiger partial charge in [0.05, 0.1) is 23.8 Å². The number of amides is 2. The minimum Gasteiger partial charge on any atom is -0.475 e. The minimum atomic E-state index is -5.08. The summed E-state index contributed by atoms with van der Waals surface area (Å²) < 4.78 is 38.5. The van der Waals surface area contributed by atoms with Gasteiger partial charge in [0.2, 0.25) is 5.91 Å². The largest absolute Gasteiger partial charge is 0.490 e. The third-order valence-electron chi connectivity index (χ3n) is 6.15. The molecule has 1 atom stereocenters. The lowest BCUT2D eigenvalue weighted by molar-refractivity contribution is -0.192.